The molecule has 2 aliphatic rings. The molecule has 0 atom stereocenters. The van der Waals surface area contributed by atoms with Crippen LogP contribution in [-0.4, -0.2) is 36.4 Å². The number of hydrogen-bond acceptors (Lipinski definition) is 7. The van der Waals surface area contributed by atoms with Gasteiger partial charge in [-0.05, 0) is 48.2 Å². The van der Waals surface area contributed by atoms with Crippen LogP contribution < -0.4 is 9.47 Å². The van der Waals surface area contributed by atoms with Crippen molar-refractivity contribution in [1.82, 2.24) is 18.5 Å². The van der Waals surface area contributed by atoms with Gasteiger partial charge in [0.25, 0.3) is 0 Å². The van der Waals surface area contributed by atoms with Crippen LogP contribution in [0.3, 0.4) is 0 Å². The second-order valence-corrected chi connectivity index (χ2v) is 9.49. The van der Waals surface area contributed by atoms with Gasteiger partial charge in [-0.3, -0.25) is 4.68 Å². The Morgan fingerprint density at radius 3 is 2.65 bits per heavy atom. The number of fused-ring (bicyclic) bond motifs is 2. The van der Waals surface area contributed by atoms with E-state index in [0.29, 0.717) is 24.5 Å². The zero-order chi connectivity index (χ0) is 23.1. The van der Waals surface area contributed by atoms with E-state index < -0.39 is 5.97 Å². The van der Waals surface area contributed by atoms with E-state index in [2.05, 4.69) is 8.75 Å². The smallest absolute Gasteiger partial charge is 0.354 e. The maximum Gasteiger partial charge on any atom is 0.354 e. The Morgan fingerprint density at radius 2 is 1.79 bits per heavy atom. The van der Waals surface area contributed by atoms with Gasteiger partial charge in [-0.1, -0.05) is 31.4 Å². The van der Waals surface area contributed by atoms with E-state index in [1.165, 1.54) is 18.1 Å². The van der Waals surface area contributed by atoms with Gasteiger partial charge in [0.05, 0.1) is 24.0 Å². The Bertz CT molecular complexity index is 1370. The van der Waals surface area contributed by atoms with E-state index in [0.717, 1.165) is 59.1 Å². The Hall–Kier alpha value is -3.46. The molecule has 34 heavy (non-hydrogen) atoms. The molecule has 2 aromatic carbocycles. The third-order valence-corrected chi connectivity index (χ3v) is 7.30. The quantitative estimate of drug-likeness (QED) is 0.418. The van der Waals surface area contributed by atoms with E-state index in [-0.39, 0.29) is 18.4 Å². The molecule has 2 aromatic heterocycles. The summed E-state index contributed by atoms with van der Waals surface area (Å²) in [5, 5.41) is 15.2. The Morgan fingerprint density at radius 1 is 1.00 bits per heavy atom. The molecule has 0 bridgehead atoms. The maximum atomic E-state index is 12.6. The summed E-state index contributed by atoms with van der Waals surface area (Å²) in [5.41, 5.74) is 5.63. The van der Waals surface area contributed by atoms with Crippen molar-refractivity contribution in [3.8, 4) is 11.5 Å². The average molecular weight is 477 g/mol. The van der Waals surface area contributed by atoms with Crippen LogP contribution in [-0.2, 0) is 13.0 Å². The SMILES string of the molecule is O=C(O)c1c(Cc2ccc3nsnc3c2)c(C2CCCCC2)nn1Cc1ccc2c(c1)OCO2. The lowest BCUT2D eigenvalue weighted by Gasteiger charge is -2.21. The first kappa shape index (κ1) is 21.1. The van der Waals surface area contributed by atoms with Crippen molar-refractivity contribution in [2.24, 2.45) is 0 Å². The van der Waals surface area contributed by atoms with Crippen molar-refractivity contribution in [2.45, 2.75) is 51.0 Å². The lowest BCUT2D eigenvalue weighted by atomic mass is 9.84. The van der Waals surface area contributed by atoms with E-state index >= 15 is 0 Å². The van der Waals surface area contributed by atoms with Gasteiger partial charge >= 0.3 is 5.97 Å². The molecule has 1 aliphatic carbocycles. The minimum Gasteiger partial charge on any atom is -0.477 e. The third kappa shape index (κ3) is 3.90. The first-order valence-corrected chi connectivity index (χ1v) is 12.3. The molecule has 0 amide bonds. The summed E-state index contributed by atoms with van der Waals surface area (Å²) in [4.78, 5) is 12.6. The molecule has 174 valence electrons. The molecule has 8 nitrogen and oxygen atoms in total. The number of nitrogens with zero attached hydrogens (tertiary/aromatic N) is 4. The minimum atomic E-state index is -0.957. The molecule has 0 spiro atoms. The van der Waals surface area contributed by atoms with Gasteiger partial charge in [-0.2, -0.15) is 13.8 Å². The number of benzene rings is 2. The summed E-state index contributed by atoms with van der Waals surface area (Å²) in [7, 11) is 0. The second-order valence-electron chi connectivity index (χ2n) is 8.96. The summed E-state index contributed by atoms with van der Waals surface area (Å²) >= 11 is 1.19. The molecule has 9 heteroatoms. The Kier molecular flexibility index (Phi) is 5.41. The number of carbonyl (C=O) groups is 1. The van der Waals surface area contributed by atoms with Crippen LogP contribution in [0.1, 0.15) is 70.9 Å². The Labute approximate surface area is 200 Å². The third-order valence-electron chi connectivity index (χ3n) is 6.74. The normalized spacial score (nSPS) is 15.8. The minimum absolute atomic E-state index is 0.204. The molecule has 4 aromatic rings. The van der Waals surface area contributed by atoms with Crippen molar-refractivity contribution < 1.29 is 19.4 Å². The highest BCUT2D eigenvalue weighted by Gasteiger charge is 2.29. The van der Waals surface area contributed by atoms with Crippen molar-refractivity contribution in [3.63, 3.8) is 0 Å². The number of rotatable bonds is 6. The number of aromatic nitrogens is 4. The van der Waals surface area contributed by atoms with Gasteiger partial charge in [0.2, 0.25) is 6.79 Å². The molecular formula is C25H24N4O4S. The van der Waals surface area contributed by atoms with Crippen LogP contribution in [0.5, 0.6) is 11.5 Å². The predicted octanol–water partition coefficient (Wildman–Crippen LogP) is 5.00. The fraction of sp³-hybridized carbons (Fsp3) is 0.360. The highest BCUT2D eigenvalue weighted by Crippen LogP contribution is 2.37. The molecule has 6 rings (SSSR count). The lowest BCUT2D eigenvalue weighted by molar-refractivity contribution is 0.0683. The summed E-state index contributed by atoms with van der Waals surface area (Å²) in [6.45, 7) is 0.558. The average Bonchev–Trinajstić information content (AvgIpc) is 3.58. The zero-order valence-electron chi connectivity index (χ0n) is 18.6. The summed E-state index contributed by atoms with van der Waals surface area (Å²) in [5.74, 6) is 0.712. The molecule has 1 aliphatic heterocycles. The van der Waals surface area contributed by atoms with E-state index in [4.69, 9.17) is 14.6 Å². The number of carboxylic acids is 1. The summed E-state index contributed by atoms with van der Waals surface area (Å²) in [6.07, 6.45) is 6.12. The molecule has 3 heterocycles. The topological polar surface area (TPSA) is 99.4 Å². The first-order chi connectivity index (χ1) is 16.7. The van der Waals surface area contributed by atoms with Crippen LogP contribution >= 0.6 is 11.7 Å². The van der Waals surface area contributed by atoms with Gasteiger partial charge in [-0.15, -0.1) is 0 Å². The molecule has 1 N–H and O–H groups in total. The standard InChI is InChI=1S/C25H24N4O4S/c30-25(31)24-18(10-15-6-8-19-20(11-15)28-34-27-19)23(17-4-2-1-3-5-17)26-29(24)13-16-7-9-21-22(12-16)33-14-32-21/h6-9,11-12,17H,1-5,10,13-14H2,(H,30,31). The fourth-order valence-electron chi connectivity index (χ4n) is 5.10. The summed E-state index contributed by atoms with van der Waals surface area (Å²) < 4.78 is 21.2. The van der Waals surface area contributed by atoms with E-state index in [1.54, 1.807) is 4.68 Å². The molecule has 1 saturated carbocycles. The highest BCUT2D eigenvalue weighted by molar-refractivity contribution is 7.00. The summed E-state index contributed by atoms with van der Waals surface area (Å²) in [6, 6.07) is 11.7. The van der Waals surface area contributed by atoms with Gasteiger partial charge in [-0.25, -0.2) is 4.79 Å². The predicted molar refractivity (Wildman–Crippen MR) is 127 cm³/mol. The Balaban J connectivity index is 1.42. The molecule has 0 saturated heterocycles. The van der Waals surface area contributed by atoms with E-state index in [9.17, 15) is 9.90 Å². The van der Waals surface area contributed by atoms with Crippen molar-refractivity contribution in [1.29, 1.82) is 0 Å². The van der Waals surface area contributed by atoms with Crippen LogP contribution in [0.15, 0.2) is 36.4 Å². The molecular weight excluding hydrogens is 452 g/mol. The monoisotopic (exact) mass is 476 g/mol. The zero-order valence-corrected chi connectivity index (χ0v) is 19.4. The number of ether oxygens (including phenoxy) is 2. The van der Waals surface area contributed by atoms with Crippen molar-refractivity contribution >= 4 is 28.7 Å². The largest absolute Gasteiger partial charge is 0.477 e. The van der Waals surface area contributed by atoms with E-state index in [1.807, 2.05) is 36.4 Å². The van der Waals surface area contributed by atoms with Crippen LogP contribution in [0.4, 0.5) is 0 Å². The molecule has 1 fully saturated rings. The van der Waals surface area contributed by atoms with Crippen LogP contribution in [0, 0.1) is 0 Å². The number of hydrogen-bond donors (Lipinski definition) is 1. The van der Waals surface area contributed by atoms with Gasteiger partial charge in [0.15, 0.2) is 11.5 Å². The maximum absolute atomic E-state index is 12.6. The van der Waals surface area contributed by atoms with Gasteiger partial charge in [0.1, 0.15) is 16.7 Å². The highest BCUT2D eigenvalue weighted by atomic mass is 32.1. The first-order valence-electron chi connectivity index (χ1n) is 11.6. The van der Waals surface area contributed by atoms with Crippen molar-refractivity contribution in [2.75, 3.05) is 6.79 Å². The fourth-order valence-corrected chi connectivity index (χ4v) is 5.62. The number of aromatic carboxylic acids is 1. The lowest BCUT2D eigenvalue weighted by Crippen LogP contribution is -2.13. The number of carboxylic acid groups (broad SMARTS) is 1. The molecule has 0 radical (unpaired) electrons. The van der Waals surface area contributed by atoms with Crippen LogP contribution in [0.2, 0.25) is 0 Å². The van der Waals surface area contributed by atoms with Gasteiger partial charge < -0.3 is 14.6 Å². The second kappa shape index (κ2) is 8.72. The van der Waals surface area contributed by atoms with Crippen LogP contribution in [0.25, 0.3) is 11.0 Å². The van der Waals surface area contributed by atoms with Gasteiger partial charge in [0, 0.05) is 17.9 Å². The van der Waals surface area contributed by atoms with Crippen molar-refractivity contribution in [3.05, 3.63) is 64.5 Å². The molecule has 0 unspecified atom stereocenters.